The minimum Gasteiger partial charge on any atom is -0.254 e. The van der Waals surface area contributed by atoms with Gasteiger partial charge in [-0.25, -0.2) is 24.8 Å². The molecule has 0 fully saturated rings. The van der Waals surface area contributed by atoms with Gasteiger partial charge in [-0.15, -0.1) is 0 Å². The quantitative estimate of drug-likeness (QED) is 0.102. The zero-order chi connectivity index (χ0) is 36.0. The molecule has 0 aliphatic carbocycles. The molecule has 6 nitrogen and oxygen atoms in total. The third-order valence-corrected chi connectivity index (χ3v) is 9.95. The van der Waals surface area contributed by atoms with E-state index < -0.39 is 0 Å². The summed E-state index contributed by atoms with van der Waals surface area (Å²) in [4.78, 5) is 28.2. The first-order valence-electron chi connectivity index (χ1n) is 17.7. The maximum Gasteiger partial charge on any atom is 0.189 e. The molecule has 0 saturated carbocycles. The van der Waals surface area contributed by atoms with Gasteiger partial charge in [-0.1, -0.05) is 140 Å². The van der Waals surface area contributed by atoms with E-state index >= 15 is 0 Å². The van der Waals surface area contributed by atoms with Crippen LogP contribution in [0.3, 0.4) is 0 Å². The molecule has 0 spiro atoms. The highest BCUT2D eigenvalue weighted by Crippen LogP contribution is 2.41. The smallest absolute Gasteiger partial charge is 0.189 e. The molecule has 0 saturated heterocycles. The van der Waals surface area contributed by atoms with Gasteiger partial charge in [0.15, 0.2) is 23.2 Å². The summed E-state index contributed by atoms with van der Waals surface area (Å²) < 4.78 is 0. The Morgan fingerprint density at radius 1 is 0.389 bits per heavy atom. The molecule has 3 aromatic heterocycles. The van der Waals surface area contributed by atoms with Crippen LogP contribution in [-0.2, 0) is 0 Å². The van der Waals surface area contributed by atoms with E-state index in [2.05, 4.69) is 83.7 Å². The second-order valence-electron chi connectivity index (χ2n) is 13.2. The molecular formula is C48H28N6. The van der Waals surface area contributed by atoms with E-state index in [9.17, 15) is 0 Å². The average molecular weight is 689 g/mol. The van der Waals surface area contributed by atoms with Crippen LogP contribution >= 0.6 is 0 Å². The number of hydrogen-bond acceptors (Lipinski definition) is 5. The second-order valence-corrected chi connectivity index (χ2v) is 13.2. The second kappa shape index (κ2) is 12.9. The molecule has 6 heteroatoms. The molecule has 0 aliphatic heterocycles. The predicted octanol–water partition coefficient (Wildman–Crippen LogP) is 12.2. The number of pyridine rings is 2. The van der Waals surface area contributed by atoms with Crippen molar-refractivity contribution < 1.29 is 0 Å². The topological polar surface area (TPSA) is 68.8 Å². The van der Waals surface area contributed by atoms with Crippen molar-refractivity contribution in [3.8, 4) is 56.4 Å². The molecule has 10 aromatic rings. The summed E-state index contributed by atoms with van der Waals surface area (Å²) in [6, 6.07) is 55.7. The summed E-state index contributed by atoms with van der Waals surface area (Å²) in [6.07, 6.45) is 1.82. The average Bonchev–Trinajstić information content (AvgIpc) is 3.25. The van der Waals surface area contributed by atoms with Crippen molar-refractivity contribution in [3.63, 3.8) is 0 Å². The monoisotopic (exact) mass is 688 g/mol. The van der Waals surface area contributed by atoms with Crippen LogP contribution in [-0.4, -0.2) is 24.9 Å². The minimum absolute atomic E-state index is 0.574. The zero-order valence-corrected chi connectivity index (χ0v) is 28.8. The number of benzene rings is 7. The molecule has 0 bridgehead atoms. The van der Waals surface area contributed by atoms with E-state index in [0.717, 1.165) is 82.4 Å². The van der Waals surface area contributed by atoms with Gasteiger partial charge < -0.3 is 0 Å². The third kappa shape index (κ3) is 5.40. The first-order valence-corrected chi connectivity index (χ1v) is 17.7. The molecule has 0 N–H and O–H groups in total. The van der Waals surface area contributed by atoms with Crippen LogP contribution in [0.4, 0.5) is 5.69 Å². The molecule has 10 rings (SSSR count). The number of rotatable bonds is 5. The molecule has 7 aromatic carbocycles. The molecule has 0 amide bonds. The molecule has 0 atom stereocenters. The van der Waals surface area contributed by atoms with Crippen LogP contribution in [0.5, 0.6) is 0 Å². The largest absolute Gasteiger partial charge is 0.254 e. The SMILES string of the molecule is [C-]#[N+]c1ccc2cc3cc(-c4ccc(-c5ccc(-c6nc(-c7ccccc7)nc(-c7ccccc7)n6)cc5)c5ccccc45)c4cccnc4c3nc2c1. The molecule has 0 aliphatic rings. The van der Waals surface area contributed by atoms with E-state index in [0.29, 0.717) is 23.2 Å². The Morgan fingerprint density at radius 2 is 0.963 bits per heavy atom. The van der Waals surface area contributed by atoms with Crippen molar-refractivity contribution in [1.82, 2.24) is 24.9 Å². The number of hydrogen-bond donors (Lipinski definition) is 0. The van der Waals surface area contributed by atoms with Gasteiger partial charge in [0.2, 0.25) is 0 Å². The van der Waals surface area contributed by atoms with Gasteiger partial charge in [-0.05, 0) is 62.7 Å². The third-order valence-electron chi connectivity index (χ3n) is 9.95. The van der Waals surface area contributed by atoms with Gasteiger partial charge in [0.1, 0.15) is 0 Å². The summed E-state index contributed by atoms with van der Waals surface area (Å²) in [7, 11) is 0. The zero-order valence-electron chi connectivity index (χ0n) is 28.8. The summed E-state index contributed by atoms with van der Waals surface area (Å²) >= 11 is 0. The highest BCUT2D eigenvalue weighted by Gasteiger charge is 2.17. The van der Waals surface area contributed by atoms with Crippen LogP contribution < -0.4 is 0 Å². The lowest BCUT2D eigenvalue weighted by Gasteiger charge is -2.15. The Kier molecular flexibility index (Phi) is 7.41. The van der Waals surface area contributed by atoms with Crippen molar-refractivity contribution in [2.75, 3.05) is 0 Å². The van der Waals surface area contributed by atoms with E-state index in [1.807, 2.05) is 91.1 Å². The van der Waals surface area contributed by atoms with Crippen LogP contribution in [0.15, 0.2) is 170 Å². The standard InChI is InChI=1S/C48H28N6/c1-49-36-23-22-34-27-35-28-42(41-17-10-26-50-45(41)44(35)51-43(34)29-36)40-25-24-37(38-15-8-9-16-39(38)40)30-18-20-33(21-19-30)48-53-46(31-11-4-2-5-12-31)52-47(54-48)32-13-6-3-7-14-32/h2-29H. The Bertz CT molecular complexity index is 3040. The lowest BCUT2D eigenvalue weighted by molar-refractivity contribution is 1.07. The van der Waals surface area contributed by atoms with Gasteiger partial charge in [-0.2, -0.15) is 0 Å². The fraction of sp³-hybridized carbons (Fsp3) is 0. The van der Waals surface area contributed by atoms with Gasteiger partial charge in [0, 0.05) is 33.7 Å². The molecule has 54 heavy (non-hydrogen) atoms. The van der Waals surface area contributed by atoms with E-state index in [4.69, 9.17) is 31.5 Å². The number of nitrogens with zero attached hydrogens (tertiary/aromatic N) is 6. The lowest BCUT2D eigenvalue weighted by Crippen LogP contribution is -2.00. The first-order chi connectivity index (χ1) is 26.7. The number of fused-ring (bicyclic) bond motifs is 5. The van der Waals surface area contributed by atoms with Crippen LogP contribution in [0.1, 0.15) is 0 Å². The predicted molar refractivity (Wildman–Crippen MR) is 219 cm³/mol. The highest BCUT2D eigenvalue weighted by atomic mass is 15.0. The fourth-order valence-electron chi connectivity index (χ4n) is 7.33. The van der Waals surface area contributed by atoms with E-state index in [1.165, 1.54) is 0 Å². The van der Waals surface area contributed by atoms with E-state index in [-0.39, 0.29) is 0 Å². The van der Waals surface area contributed by atoms with Crippen LogP contribution in [0, 0.1) is 6.57 Å². The maximum absolute atomic E-state index is 7.46. The van der Waals surface area contributed by atoms with Crippen molar-refractivity contribution in [2.45, 2.75) is 0 Å². The normalized spacial score (nSPS) is 11.3. The van der Waals surface area contributed by atoms with Gasteiger partial charge in [0.05, 0.1) is 23.1 Å². The highest BCUT2D eigenvalue weighted by molar-refractivity contribution is 6.16. The van der Waals surface area contributed by atoms with Crippen LogP contribution in [0.25, 0.3) is 105 Å². The Hall–Kier alpha value is -7.62. The Morgan fingerprint density at radius 3 is 1.63 bits per heavy atom. The summed E-state index contributed by atoms with van der Waals surface area (Å²) in [5.41, 5.74) is 10.3. The van der Waals surface area contributed by atoms with Gasteiger partial charge in [0.25, 0.3) is 0 Å². The van der Waals surface area contributed by atoms with Gasteiger partial charge >= 0.3 is 0 Å². The maximum atomic E-state index is 7.46. The minimum atomic E-state index is 0.574. The van der Waals surface area contributed by atoms with Crippen molar-refractivity contribution >= 4 is 49.2 Å². The first kappa shape index (κ1) is 31.1. The molecular weight excluding hydrogens is 661 g/mol. The molecule has 0 radical (unpaired) electrons. The lowest BCUT2D eigenvalue weighted by atomic mass is 9.89. The molecule has 3 heterocycles. The van der Waals surface area contributed by atoms with Gasteiger partial charge in [-0.3, -0.25) is 4.98 Å². The summed E-state index contributed by atoms with van der Waals surface area (Å²) in [5.74, 6) is 1.90. The number of aromatic nitrogens is 5. The van der Waals surface area contributed by atoms with Crippen molar-refractivity contribution in [3.05, 3.63) is 181 Å². The summed E-state index contributed by atoms with van der Waals surface area (Å²) in [5, 5.41) is 5.33. The molecule has 250 valence electrons. The fourth-order valence-corrected chi connectivity index (χ4v) is 7.33. The van der Waals surface area contributed by atoms with Crippen molar-refractivity contribution in [1.29, 1.82) is 0 Å². The Balaban J connectivity index is 1.08. The summed E-state index contributed by atoms with van der Waals surface area (Å²) in [6.45, 7) is 7.46. The van der Waals surface area contributed by atoms with Crippen LogP contribution in [0.2, 0.25) is 0 Å². The van der Waals surface area contributed by atoms with Crippen molar-refractivity contribution in [2.24, 2.45) is 0 Å². The molecule has 0 unspecified atom stereocenters. The van der Waals surface area contributed by atoms with E-state index in [1.54, 1.807) is 0 Å². The Labute approximate surface area is 311 Å².